The third-order valence-corrected chi connectivity index (χ3v) is 2.45. The van der Waals surface area contributed by atoms with E-state index in [-0.39, 0.29) is 5.69 Å². The summed E-state index contributed by atoms with van der Waals surface area (Å²) in [6, 6.07) is 1.25. The number of rotatable bonds is 2. The Labute approximate surface area is 95.7 Å². The van der Waals surface area contributed by atoms with E-state index in [1.165, 1.54) is 10.9 Å². The van der Waals surface area contributed by atoms with Crippen LogP contribution in [0.4, 0.5) is 18.9 Å². The van der Waals surface area contributed by atoms with Gasteiger partial charge in [0, 0.05) is 12.1 Å². The Morgan fingerprint density at radius 1 is 1.18 bits per heavy atom. The van der Waals surface area contributed by atoms with Crippen LogP contribution in [0.2, 0.25) is 0 Å². The van der Waals surface area contributed by atoms with Crippen LogP contribution in [0.3, 0.4) is 0 Å². The Kier molecular flexibility index (Phi) is 2.79. The molecule has 0 unspecified atom stereocenters. The molecule has 0 saturated heterocycles. The Balaban J connectivity index is 2.64. The van der Waals surface area contributed by atoms with Gasteiger partial charge in [-0.05, 0) is 6.42 Å². The molecule has 0 saturated carbocycles. The van der Waals surface area contributed by atoms with Crippen LogP contribution in [0.15, 0.2) is 18.3 Å². The van der Waals surface area contributed by atoms with Gasteiger partial charge < -0.3 is 5.73 Å². The first-order valence-corrected chi connectivity index (χ1v) is 5.02. The van der Waals surface area contributed by atoms with Gasteiger partial charge >= 0.3 is 0 Å². The first-order chi connectivity index (χ1) is 8.04. The highest BCUT2D eigenvalue weighted by Crippen LogP contribution is 2.21. The molecule has 0 fully saturated rings. The van der Waals surface area contributed by atoms with Crippen molar-refractivity contribution < 1.29 is 13.2 Å². The van der Waals surface area contributed by atoms with E-state index in [1.807, 2.05) is 6.92 Å². The fourth-order valence-electron chi connectivity index (χ4n) is 1.62. The van der Waals surface area contributed by atoms with E-state index in [9.17, 15) is 13.2 Å². The summed E-state index contributed by atoms with van der Waals surface area (Å²) in [7, 11) is 0. The van der Waals surface area contributed by atoms with E-state index in [0.29, 0.717) is 23.9 Å². The molecule has 2 aromatic rings. The van der Waals surface area contributed by atoms with Crippen LogP contribution in [0, 0.1) is 17.5 Å². The maximum atomic E-state index is 13.5. The summed E-state index contributed by atoms with van der Waals surface area (Å²) in [5.41, 5.74) is 6.42. The molecule has 1 aromatic heterocycles. The van der Waals surface area contributed by atoms with Crippen molar-refractivity contribution in [2.45, 2.75) is 13.3 Å². The molecule has 17 heavy (non-hydrogen) atoms. The van der Waals surface area contributed by atoms with Crippen molar-refractivity contribution in [1.82, 2.24) is 9.78 Å². The number of halogens is 3. The van der Waals surface area contributed by atoms with E-state index in [4.69, 9.17) is 5.73 Å². The molecule has 0 aliphatic rings. The first kappa shape index (κ1) is 11.5. The monoisotopic (exact) mass is 241 g/mol. The minimum absolute atomic E-state index is 0.155. The second-order valence-corrected chi connectivity index (χ2v) is 3.53. The Morgan fingerprint density at radius 2 is 1.82 bits per heavy atom. The van der Waals surface area contributed by atoms with Gasteiger partial charge in [0.15, 0.2) is 17.5 Å². The third-order valence-electron chi connectivity index (χ3n) is 2.45. The highest BCUT2D eigenvalue weighted by atomic mass is 19.2. The maximum Gasteiger partial charge on any atom is 0.161 e. The quantitative estimate of drug-likeness (QED) is 0.820. The Morgan fingerprint density at radius 3 is 2.47 bits per heavy atom. The largest absolute Gasteiger partial charge is 0.396 e. The van der Waals surface area contributed by atoms with E-state index >= 15 is 0 Å². The molecular weight excluding hydrogens is 231 g/mol. The number of benzene rings is 1. The average molecular weight is 241 g/mol. The van der Waals surface area contributed by atoms with Gasteiger partial charge in [0.1, 0.15) is 5.69 Å². The molecule has 0 amide bonds. The summed E-state index contributed by atoms with van der Waals surface area (Å²) in [4.78, 5) is 0. The molecule has 90 valence electrons. The normalized spacial score (nSPS) is 10.8. The number of anilines is 1. The second kappa shape index (κ2) is 4.12. The van der Waals surface area contributed by atoms with Gasteiger partial charge in [-0.3, -0.25) is 0 Å². The van der Waals surface area contributed by atoms with E-state index in [0.717, 1.165) is 6.07 Å². The molecule has 0 aliphatic heterocycles. The van der Waals surface area contributed by atoms with Crippen LogP contribution in [0.25, 0.3) is 5.69 Å². The van der Waals surface area contributed by atoms with Crippen molar-refractivity contribution in [3.8, 4) is 5.69 Å². The minimum atomic E-state index is -1.23. The lowest BCUT2D eigenvalue weighted by Gasteiger charge is -2.08. The molecule has 0 radical (unpaired) electrons. The zero-order valence-corrected chi connectivity index (χ0v) is 9.04. The number of aromatic nitrogens is 2. The number of hydrogen-bond acceptors (Lipinski definition) is 2. The van der Waals surface area contributed by atoms with E-state index in [2.05, 4.69) is 5.10 Å². The zero-order chi connectivity index (χ0) is 12.6. The smallest absolute Gasteiger partial charge is 0.161 e. The molecule has 6 heteroatoms. The van der Waals surface area contributed by atoms with Crippen LogP contribution < -0.4 is 5.73 Å². The minimum Gasteiger partial charge on any atom is -0.396 e. The number of nitrogens with zero attached hydrogens (tertiary/aromatic N) is 2. The van der Waals surface area contributed by atoms with Crippen molar-refractivity contribution in [3.63, 3.8) is 0 Å². The summed E-state index contributed by atoms with van der Waals surface area (Å²) in [5.74, 6) is -3.25. The van der Waals surface area contributed by atoms with Gasteiger partial charge in [-0.15, -0.1) is 0 Å². The third kappa shape index (κ3) is 1.86. The van der Waals surface area contributed by atoms with Crippen molar-refractivity contribution in [1.29, 1.82) is 0 Å². The fourth-order valence-corrected chi connectivity index (χ4v) is 1.62. The van der Waals surface area contributed by atoms with Crippen LogP contribution in [0.1, 0.15) is 12.6 Å². The van der Waals surface area contributed by atoms with Crippen LogP contribution in [-0.4, -0.2) is 9.78 Å². The standard InChI is InChI=1S/C11H10F3N3/c1-2-10-9(15)5-16-17(10)11-4-7(13)6(12)3-8(11)14/h3-5H,2,15H2,1H3. The van der Waals surface area contributed by atoms with E-state index < -0.39 is 17.5 Å². The highest BCUT2D eigenvalue weighted by Gasteiger charge is 2.15. The molecular formula is C11H10F3N3. The number of nitrogens with two attached hydrogens (primary N) is 1. The molecule has 0 spiro atoms. The predicted molar refractivity (Wildman–Crippen MR) is 57.2 cm³/mol. The molecule has 0 bridgehead atoms. The van der Waals surface area contributed by atoms with Gasteiger partial charge in [0.2, 0.25) is 0 Å². The van der Waals surface area contributed by atoms with Gasteiger partial charge in [-0.1, -0.05) is 6.92 Å². The average Bonchev–Trinajstić information content (AvgIpc) is 2.64. The van der Waals surface area contributed by atoms with Crippen molar-refractivity contribution in [2.24, 2.45) is 0 Å². The van der Waals surface area contributed by atoms with Crippen molar-refractivity contribution in [3.05, 3.63) is 41.5 Å². The maximum absolute atomic E-state index is 13.5. The zero-order valence-electron chi connectivity index (χ0n) is 9.04. The van der Waals surface area contributed by atoms with Crippen LogP contribution in [-0.2, 0) is 6.42 Å². The molecule has 3 nitrogen and oxygen atoms in total. The molecule has 1 aromatic carbocycles. The molecule has 1 heterocycles. The Bertz CT molecular complexity index is 563. The fraction of sp³-hybridized carbons (Fsp3) is 0.182. The van der Waals surface area contributed by atoms with Crippen molar-refractivity contribution in [2.75, 3.05) is 5.73 Å². The first-order valence-electron chi connectivity index (χ1n) is 5.02. The van der Waals surface area contributed by atoms with Crippen LogP contribution >= 0.6 is 0 Å². The van der Waals surface area contributed by atoms with Gasteiger partial charge in [-0.25, -0.2) is 17.9 Å². The lowest BCUT2D eigenvalue weighted by atomic mass is 10.2. The Hall–Kier alpha value is -1.98. The summed E-state index contributed by atoms with van der Waals surface area (Å²) >= 11 is 0. The molecule has 2 rings (SSSR count). The molecule has 0 atom stereocenters. The molecule has 0 aliphatic carbocycles. The predicted octanol–water partition coefficient (Wildman–Crippen LogP) is 2.43. The highest BCUT2D eigenvalue weighted by molar-refractivity contribution is 5.46. The lowest BCUT2D eigenvalue weighted by Crippen LogP contribution is -2.06. The van der Waals surface area contributed by atoms with Crippen LogP contribution in [0.5, 0.6) is 0 Å². The lowest BCUT2D eigenvalue weighted by molar-refractivity contribution is 0.491. The molecule has 2 N–H and O–H groups in total. The summed E-state index contributed by atoms with van der Waals surface area (Å²) in [5, 5.41) is 3.85. The van der Waals surface area contributed by atoms with Gasteiger partial charge in [0.05, 0.1) is 17.6 Å². The SMILES string of the molecule is CCc1c(N)cnn1-c1cc(F)c(F)cc1F. The summed E-state index contributed by atoms with van der Waals surface area (Å²) in [6.45, 7) is 1.81. The summed E-state index contributed by atoms with van der Waals surface area (Å²) in [6.07, 6.45) is 1.85. The summed E-state index contributed by atoms with van der Waals surface area (Å²) < 4.78 is 40.6. The topological polar surface area (TPSA) is 43.8 Å². The second-order valence-electron chi connectivity index (χ2n) is 3.53. The number of nitrogen functional groups attached to an aromatic ring is 1. The van der Waals surface area contributed by atoms with Crippen molar-refractivity contribution >= 4 is 5.69 Å². The van der Waals surface area contributed by atoms with Gasteiger partial charge in [0.25, 0.3) is 0 Å². The van der Waals surface area contributed by atoms with E-state index in [1.54, 1.807) is 0 Å². The van der Waals surface area contributed by atoms with Gasteiger partial charge in [-0.2, -0.15) is 5.10 Å². The number of hydrogen-bond donors (Lipinski definition) is 1.